The number of nitrogens with two attached hydrogens (primary N) is 1. The van der Waals surface area contributed by atoms with E-state index in [1.807, 2.05) is 25.1 Å². The van der Waals surface area contributed by atoms with E-state index in [1.165, 1.54) is 5.56 Å². The summed E-state index contributed by atoms with van der Waals surface area (Å²) in [6.45, 7) is 6.19. The van der Waals surface area contributed by atoms with Gasteiger partial charge < -0.3 is 15.6 Å². The number of fused-ring (bicyclic) bond motifs is 1. The number of aromatic nitrogens is 1. The highest BCUT2D eigenvalue weighted by Crippen LogP contribution is 2.25. The van der Waals surface area contributed by atoms with Crippen molar-refractivity contribution in [1.29, 1.82) is 0 Å². The molecule has 20 heavy (non-hydrogen) atoms. The summed E-state index contributed by atoms with van der Waals surface area (Å²) >= 11 is 6.08. The van der Waals surface area contributed by atoms with Gasteiger partial charge >= 0.3 is 0 Å². The largest absolute Gasteiger partial charge is 0.369 e. The van der Waals surface area contributed by atoms with Gasteiger partial charge in [-0.25, -0.2) is 0 Å². The highest BCUT2D eigenvalue weighted by Gasteiger charge is 2.14. The number of hydrogen-bond donors (Lipinski definition) is 2. The van der Waals surface area contributed by atoms with Crippen molar-refractivity contribution in [2.75, 3.05) is 6.54 Å². The second-order valence-electron chi connectivity index (χ2n) is 5.05. The summed E-state index contributed by atoms with van der Waals surface area (Å²) in [6, 6.07) is 5.84. The summed E-state index contributed by atoms with van der Waals surface area (Å²) in [5.41, 5.74) is 7.60. The number of primary amides is 1. The van der Waals surface area contributed by atoms with E-state index in [9.17, 15) is 4.79 Å². The van der Waals surface area contributed by atoms with E-state index in [2.05, 4.69) is 23.0 Å². The Labute approximate surface area is 123 Å². The minimum absolute atomic E-state index is 0.212. The molecule has 0 aliphatic carbocycles. The minimum atomic E-state index is -0.290. The molecule has 0 bridgehead atoms. The summed E-state index contributed by atoms with van der Waals surface area (Å²) in [5, 5.41) is 5.18. The number of benzene rings is 1. The second kappa shape index (κ2) is 6.29. The molecule has 2 rings (SSSR count). The predicted octanol–water partition coefficient (Wildman–Crippen LogP) is 2.53. The zero-order valence-corrected chi connectivity index (χ0v) is 12.6. The van der Waals surface area contributed by atoms with Crippen LogP contribution in [0.15, 0.2) is 24.4 Å². The van der Waals surface area contributed by atoms with Crippen molar-refractivity contribution in [1.82, 2.24) is 9.88 Å². The van der Waals surface area contributed by atoms with Crippen LogP contribution < -0.4 is 11.1 Å². The average molecular weight is 294 g/mol. The Hall–Kier alpha value is -1.52. The van der Waals surface area contributed by atoms with Gasteiger partial charge in [0.25, 0.3) is 0 Å². The average Bonchev–Trinajstić information content (AvgIpc) is 2.73. The van der Waals surface area contributed by atoms with Crippen molar-refractivity contribution in [2.45, 2.75) is 26.9 Å². The van der Waals surface area contributed by atoms with Gasteiger partial charge in [0.05, 0.1) is 5.92 Å². The van der Waals surface area contributed by atoms with Crippen LogP contribution in [-0.4, -0.2) is 17.0 Å². The van der Waals surface area contributed by atoms with Gasteiger partial charge in [0.15, 0.2) is 0 Å². The smallest absolute Gasteiger partial charge is 0.222 e. The lowest BCUT2D eigenvalue weighted by molar-refractivity contribution is -0.121. The van der Waals surface area contributed by atoms with Crippen molar-refractivity contribution in [3.05, 3.63) is 35.0 Å². The van der Waals surface area contributed by atoms with Crippen LogP contribution in [0.4, 0.5) is 0 Å². The van der Waals surface area contributed by atoms with Crippen molar-refractivity contribution in [2.24, 2.45) is 11.7 Å². The number of halogens is 1. The van der Waals surface area contributed by atoms with E-state index in [-0.39, 0.29) is 11.8 Å². The van der Waals surface area contributed by atoms with Gasteiger partial charge in [0.1, 0.15) is 0 Å². The summed E-state index contributed by atoms with van der Waals surface area (Å²) in [7, 11) is 0. The van der Waals surface area contributed by atoms with E-state index in [4.69, 9.17) is 17.3 Å². The molecule has 0 aliphatic rings. The summed E-state index contributed by atoms with van der Waals surface area (Å²) in [6.07, 6.45) is 2.07. The third-order valence-corrected chi connectivity index (χ3v) is 3.68. The molecule has 2 aromatic rings. The molecule has 0 aliphatic heterocycles. The van der Waals surface area contributed by atoms with Crippen LogP contribution in [0.5, 0.6) is 0 Å². The fourth-order valence-corrected chi connectivity index (χ4v) is 2.44. The second-order valence-corrected chi connectivity index (χ2v) is 5.49. The van der Waals surface area contributed by atoms with Crippen molar-refractivity contribution in [3.8, 4) is 0 Å². The molecular weight excluding hydrogens is 274 g/mol. The van der Waals surface area contributed by atoms with Crippen LogP contribution in [0.1, 0.15) is 19.4 Å². The maximum Gasteiger partial charge on any atom is 0.222 e. The van der Waals surface area contributed by atoms with Gasteiger partial charge in [-0.2, -0.15) is 0 Å². The number of carbonyl (C=O) groups excluding carboxylic acids is 1. The molecule has 1 atom stereocenters. The van der Waals surface area contributed by atoms with E-state index < -0.39 is 0 Å². The van der Waals surface area contributed by atoms with Crippen LogP contribution >= 0.6 is 11.6 Å². The zero-order valence-electron chi connectivity index (χ0n) is 11.8. The molecule has 0 saturated heterocycles. The van der Waals surface area contributed by atoms with E-state index in [0.29, 0.717) is 11.6 Å². The number of carbonyl (C=O) groups is 1. The fourth-order valence-electron chi connectivity index (χ4n) is 2.28. The number of amides is 1. The lowest BCUT2D eigenvalue weighted by Gasteiger charge is -2.10. The first-order valence-electron chi connectivity index (χ1n) is 6.80. The van der Waals surface area contributed by atoms with Gasteiger partial charge in [-0.05, 0) is 24.2 Å². The molecule has 0 saturated carbocycles. The number of rotatable bonds is 6. The highest BCUT2D eigenvalue weighted by atomic mass is 35.5. The van der Waals surface area contributed by atoms with Crippen molar-refractivity contribution < 1.29 is 4.79 Å². The monoisotopic (exact) mass is 293 g/mol. The molecule has 0 fully saturated rings. The predicted molar refractivity (Wildman–Crippen MR) is 82.7 cm³/mol. The van der Waals surface area contributed by atoms with E-state index in [1.54, 1.807) is 0 Å². The Balaban J connectivity index is 2.42. The molecule has 1 heterocycles. The SMILES string of the molecule is CCNCc1cn(CC(C)C(N)=O)c2cc(Cl)ccc12. The molecule has 1 aromatic heterocycles. The fraction of sp³-hybridized carbons (Fsp3) is 0.400. The molecular formula is C15H20ClN3O. The molecule has 4 nitrogen and oxygen atoms in total. The normalized spacial score (nSPS) is 12.8. The van der Waals surface area contributed by atoms with Crippen LogP contribution in [0.3, 0.4) is 0 Å². The number of nitrogens with one attached hydrogen (secondary N) is 1. The maximum atomic E-state index is 11.3. The van der Waals surface area contributed by atoms with Crippen molar-refractivity contribution in [3.63, 3.8) is 0 Å². The van der Waals surface area contributed by atoms with Crippen LogP contribution in [0, 0.1) is 5.92 Å². The van der Waals surface area contributed by atoms with E-state index in [0.717, 1.165) is 24.0 Å². The van der Waals surface area contributed by atoms with E-state index >= 15 is 0 Å². The van der Waals surface area contributed by atoms with Gasteiger partial charge in [0, 0.05) is 35.2 Å². The minimum Gasteiger partial charge on any atom is -0.369 e. The number of hydrogen-bond acceptors (Lipinski definition) is 2. The van der Waals surface area contributed by atoms with Gasteiger partial charge in [-0.1, -0.05) is 31.5 Å². The Kier molecular flexibility index (Phi) is 4.68. The third-order valence-electron chi connectivity index (χ3n) is 3.45. The summed E-state index contributed by atoms with van der Waals surface area (Å²) in [5.74, 6) is -0.501. The molecule has 1 amide bonds. The first-order valence-corrected chi connectivity index (χ1v) is 7.18. The molecule has 5 heteroatoms. The lowest BCUT2D eigenvalue weighted by Crippen LogP contribution is -2.24. The van der Waals surface area contributed by atoms with Crippen LogP contribution in [-0.2, 0) is 17.9 Å². The first-order chi connectivity index (χ1) is 9.52. The zero-order chi connectivity index (χ0) is 14.7. The summed E-state index contributed by atoms with van der Waals surface area (Å²) < 4.78 is 2.06. The quantitative estimate of drug-likeness (QED) is 0.860. The standard InChI is InChI=1S/C15H20ClN3O/c1-3-18-7-11-9-19(8-10(2)15(17)20)14-6-12(16)4-5-13(11)14/h4-6,9-10,18H,3,7-8H2,1-2H3,(H2,17,20). The summed E-state index contributed by atoms with van der Waals surface area (Å²) in [4.78, 5) is 11.3. The maximum absolute atomic E-state index is 11.3. The third kappa shape index (κ3) is 3.14. The highest BCUT2D eigenvalue weighted by molar-refractivity contribution is 6.31. The van der Waals surface area contributed by atoms with Gasteiger partial charge in [0.2, 0.25) is 5.91 Å². The van der Waals surface area contributed by atoms with Gasteiger partial charge in [-0.3, -0.25) is 4.79 Å². The van der Waals surface area contributed by atoms with Crippen molar-refractivity contribution >= 4 is 28.4 Å². The van der Waals surface area contributed by atoms with Crippen LogP contribution in [0.2, 0.25) is 5.02 Å². The first kappa shape index (κ1) is 14.9. The van der Waals surface area contributed by atoms with Crippen LogP contribution in [0.25, 0.3) is 10.9 Å². The Morgan fingerprint density at radius 1 is 1.50 bits per heavy atom. The number of nitrogens with zero attached hydrogens (tertiary/aromatic N) is 1. The topological polar surface area (TPSA) is 60.1 Å². The molecule has 3 N–H and O–H groups in total. The Morgan fingerprint density at radius 3 is 2.90 bits per heavy atom. The molecule has 1 aromatic carbocycles. The lowest BCUT2D eigenvalue weighted by atomic mass is 10.1. The molecule has 0 radical (unpaired) electrons. The Morgan fingerprint density at radius 2 is 2.25 bits per heavy atom. The Bertz CT molecular complexity index is 621. The van der Waals surface area contributed by atoms with Gasteiger partial charge in [-0.15, -0.1) is 0 Å². The molecule has 0 spiro atoms. The molecule has 1 unspecified atom stereocenters. The molecule has 108 valence electrons.